The number of aromatic carboxylic acids is 1. The van der Waals surface area contributed by atoms with Crippen molar-refractivity contribution in [3.05, 3.63) is 76.9 Å². The molecule has 8 heteroatoms. The Labute approximate surface area is 252 Å². The van der Waals surface area contributed by atoms with E-state index in [9.17, 15) is 15.0 Å². The molecular weight excluding hydrogens is 507 g/mol. The number of hydrogen-bond acceptors (Lipinski definition) is 6. The van der Waals surface area contributed by atoms with Crippen molar-refractivity contribution in [2.24, 2.45) is 0 Å². The monoisotopic (exact) mass is 544 g/mol. The Morgan fingerprint density at radius 1 is 0.974 bits per heavy atom. The van der Waals surface area contributed by atoms with E-state index in [1.54, 1.807) is 24.3 Å². The molecule has 2 N–H and O–H groups in total. The van der Waals surface area contributed by atoms with Crippen molar-refractivity contribution in [3.63, 3.8) is 0 Å². The molecular formula is C31H37NaO7. The van der Waals surface area contributed by atoms with Gasteiger partial charge < -0.3 is 29.2 Å². The molecule has 0 aliphatic carbocycles. The number of aromatic hydroxyl groups is 1. The number of carbonyl (C=O) groups is 1. The molecule has 7 nitrogen and oxygen atoms in total. The summed E-state index contributed by atoms with van der Waals surface area (Å²) in [7, 11) is 0. The summed E-state index contributed by atoms with van der Waals surface area (Å²) >= 11 is 0. The molecule has 3 aromatic rings. The summed E-state index contributed by atoms with van der Waals surface area (Å²) < 4.78 is 23.7. The van der Waals surface area contributed by atoms with Crippen molar-refractivity contribution in [2.75, 3.05) is 26.4 Å². The van der Waals surface area contributed by atoms with Gasteiger partial charge in [-0.3, -0.25) is 0 Å². The third-order valence-electron chi connectivity index (χ3n) is 6.69. The number of hydrogen-bond donors (Lipinski definition) is 2. The Kier molecular flexibility index (Phi) is 12.0. The Morgan fingerprint density at radius 3 is 2.38 bits per heavy atom. The summed E-state index contributed by atoms with van der Waals surface area (Å²) in [5.41, 5.74) is 3.02. The molecule has 1 fully saturated rings. The fraction of sp³-hybridized carbons (Fsp3) is 0.387. The van der Waals surface area contributed by atoms with E-state index >= 15 is 0 Å². The second-order valence-corrected chi connectivity index (χ2v) is 9.37. The number of phenolic OH excluding ortho intramolecular Hbond substituents is 1. The van der Waals surface area contributed by atoms with Gasteiger partial charge in [0.15, 0.2) is 0 Å². The van der Waals surface area contributed by atoms with Crippen LogP contribution in [-0.2, 0) is 17.6 Å². The SMILES string of the molecule is CCCc1c(OCCCOc2cc(O)c(C3CCOC3)cc2CC)cccc1Oc1ccccc1C(=O)O.[NaH]. The summed E-state index contributed by atoms with van der Waals surface area (Å²) in [6.07, 6.45) is 4.00. The van der Waals surface area contributed by atoms with Crippen LogP contribution in [0.15, 0.2) is 54.6 Å². The molecule has 1 atom stereocenters. The molecule has 1 aliphatic heterocycles. The number of rotatable bonds is 13. The molecule has 0 bridgehead atoms. The summed E-state index contributed by atoms with van der Waals surface area (Å²) in [4.78, 5) is 11.6. The van der Waals surface area contributed by atoms with Crippen LogP contribution in [0.2, 0.25) is 0 Å². The van der Waals surface area contributed by atoms with E-state index < -0.39 is 5.97 Å². The number of benzene rings is 3. The van der Waals surface area contributed by atoms with Crippen molar-refractivity contribution in [1.82, 2.24) is 0 Å². The Balaban J connectivity index is 0.00000420. The second-order valence-electron chi connectivity index (χ2n) is 9.37. The maximum absolute atomic E-state index is 11.6. The standard InChI is InChI=1S/C31H36O7.Na.H/c1-3-9-23-27(12-7-13-28(23)38-29-11-6-5-10-24(29)31(33)34)36-15-8-16-37-30-19-26(32)25(18-21(30)4-2)22-14-17-35-20-22;;/h5-7,10-13,18-19,22,32H,3-4,8-9,14-17,20H2,1-2H3,(H,33,34);;. The van der Waals surface area contributed by atoms with Gasteiger partial charge in [0.25, 0.3) is 0 Å². The van der Waals surface area contributed by atoms with E-state index in [0.29, 0.717) is 49.2 Å². The predicted molar refractivity (Wildman–Crippen MR) is 152 cm³/mol. The van der Waals surface area contributed by atoms with Crippen LogP contribution in [0.5, 0.6) is 28.7 Å². The zero-order chi connectivity index (χ0) is 26.9. The number of carboxylic acid groups (broad SMARTS) is 1. The van der Waals surface area contributed by atoms with E-state index in [1.807, 2.05) is 24.3 Å². The molecule has 1 heterocycles. The van der Waals surface area contributed by atoms with Crippen LogP contribution in [0.1, 0.15) is 66.1 Å². The number of aryl methyl sites for hydroxylation is 1. The van der Waals surface area contributed by atoms with Crippen LogP contribution in [0, 0.1) is 0 Å². The summed E-state index contributed by atoms with van der Waals surface area (Å²) in [6, 6.07) is 16.0. The molecule has 0 aromatic heterocycles. The molecule has 3 aromatic carbocycles. The Hall–Kier alpha value is -2.71. The van der Waals surface area contributed by atoms with Crippen LogP contribution in [0.4, 0.5) is 0 Å². The molecule has 204 valence electrons. The molecule has 1 unspecified atom stereocenters. The first-order chi connectivity index (χ1) is 18.5. The van der Waals surface area contributed by atoms with E-state index in [4.69, 9.17) is 18.9 Å². The van der Waals surface area contributed by atoms with Gasteiger partial charge in [-0.05, 0) is 60.7 Å². The van der Waals surface area contributed by atoms with Gasteiger partial charge in [-0.2, -0.15) is 0 Å². The van der Waals surface area contributed by atoms with Crippen molar-refractivity contribution < 1.29 is 34.0 Å². The summed E-state index contributed by atoms with van der Waals surface area (Å²) in [5, 5.41) is 20.1. The zero-order valence-corrected chi connectivity index (χ0v) is 22.1. The van der Waals surface area contributed by atoms with Gasteiger partial charge in [0.05, 0.1) is 19.8 Å². The number of para-hydroxylation sites is 1. The fourth-order valence-corrected chi connectivity index (χ4v) is 4.70. The van der Waals surface area contributed by atoms with Gasteiger partial charge >= 0.3 is 35.5 Å². The van der Waals surface area contributed by atoms with Crippen LogP contribution >= 0.6 is 0 Å². The van der Waals surface area contributed by atoms with Crippen LogP contribution < -0.4 is 14.2 Å². The molecule has 39 heavy (non-hydrogen) atoms. The first-order valence-electron chi connectivity index (χ1n) is 13.3. The van der Waals surface area contributed by atoms with Gasteiger partial charge in [-0.15, -0.1) is 0 Å². The minimum absolute atomic E-state index is 0. The molecule has 1 saturated heterocycles. The van der Waals surface area contributed by atoms with Crippen LogP contribution in [0.3, 0.4) is 0 Å². The van der Waals surface area contributed by atoms with E-state index in [1.165, 1.54) is 6.07 Å². The molecule has 1 aliphatic rings. The van der Waals surface area contributed by atoms with Crippen molar-refractivity contribution >= 4 is 35.5 Å². The van der Waals surface area contributed by atoms with Crippen molar-refractivity contribution in [2.45, 2.75) is 51.9 Å². The van der Waals surface area contributed by atoms with Crippen LogP contribution in [0.25, 0.3) is 0 Å². The van der Waals surface area contributed by atoms with E-state index in [0.717, 1.165) is 49.0 Å². The fourth-order valence-electron chi connectivity index (χ4n) is 4.70. The third-order valence-corrected chi connectivity index (χ3v) is 6.69. The average molecular weight is 545 g/mol. The number of carboxylic acids is 1. The Morgan fingerprint density at radius 2 is 1.69 bits per heavy atom. The van der Waals surface area contributed by atoms with Crippen molar-refractivity contribution in [1.29, 1.82) is 0 Å². The topological polar surface area (TPSA) is 94.5 Å². The van der Waals surface area contributed by atoms with Gasteiger partial charge in [0, 0.05) is 30.6 Å². The van der Waals surface area contributed by atoms with Gasteiger partial charge in [0.2, 0.25) is 0 Å². The maximum atomic E-state index is 11.6. The first-order valence-corrected chi connectivity index (χ1v) is 13.3. The third kappa shape index (κ3) is 7.92. The molecule has 0 amide bonds. The van der Waals surface area contributed by atoms with Crippen LogP contribution in [-0.4, -0.2) is 72.2 Å². The molecule has 0 saturated carbocycles. The molecule has 0 radical (unpaired) electrons. The molecule has 4 rings (SSSR count). The minimum atomic E-state index is -1.04. The van der Waals surface area contributed by atoms with E-state index in [2.05, 4.69) is 13.8 Å². The van der Waals surface area contributed by atoms with E-state index in [-0.39, 0.29) is 46.8 Å². The number of ether oxygens (including phenoxy) is 4. The number of phenols is 1. The van der Waals surface area contributed by atoms with Gasteiger partial charge in [-0.1, -0.05) is 38.5 Å². The zero-order valence-electron chi connectivity index (χ0n) is 22.1. The predicted octanol–water partition coefficient (Wildman–Crippen LogP) is 6.10. The Bertz CT molecular complexity index is 1240. The summed E-state index contributed by atoms with van der Waals surface area (Å²) in [6.45, 7) is 6.42. The quantitative estimate of drug-likeness (QED) is 0.198. The molecule has 0 spiro atoms. The average Bonchev–Trinajstić information content (AvgIpc) is 3.45. The van der Waals surface area contributed by atoms with Crippen molar-refractivity contribution in [3.8, 4) is 28.7 Å². The normalized spacial score (nSPS) is 14.5. The van der Waals surface area contributed by atoms with Gasteiger partial charge in [0.1, 0.15) is 34.3 Å². The second kappa shape index (κ2) is 15.2. The first kappa shape index (κ1) is 30.8. The summed E-state index contributed by atoms with van der Waals surface area (Å²) in [5.74, 6) is 1.76. The van der Waals surface area contributed by atoms with Gasteiger partial charge in [-0.25, -0.2) is 4.79 Å².